The minimum Gasteiger partial charge on any atom is -0.497 e. The van der Waals surface area contributed by atoms with Gasteiger partial charge in [-0.2, -0.15) is 0 Å². The van der Waals surface area contributed by atoms with Gasteiger partial charge in [0.05, 0.1) is 12.1 Å². The molecule has 4 aromatic rings. The van der Waals surface area contributed by atoms with Gasteiger partial charge < -0.3 is 19.4 Å². The van der Waals surface area contributed by atoms with Crippen LogP contribution in [0.3, 0.4) is 0 Å². The van der Waals surface area contributed by atoms with Gasteiger partial charge in [0.15, 0.2) is 5.76 Å². The highest BCUT2D eigenvalue weighted by Crippen LogP contribution is 2.38. The minimum absolute atomic E-state index is 0.00237. The number of rotatable bonds is 6. The second kappa shape index (κ2) is 10.5. The molecule has 3 aromatic carbocycles. The number of nitrogens with one attached hydrogen (secondary N) is 1. The number of ketones is 1. The van der Waals surface area contributed by atoms with Crippen LogP contribution < -0.4 is 15.0 Å². The van der Waals surface area contributed by atoms with E-state index in [9.17, 15) is 4.79 Å². The van der Waals surface area contributed by atoms with Crippen LogP contribution in [0.4, 0.5) is 5.69 Å². The molecule has 1 fully saturated rings. The molecule has 184 valence electrons. The number of oxazole rings is 1. The van der Waals surface area contributed by atoms with E-state index in [-0.39, 0.29) is 11.7 Å². The van der Waals surface area contributed by atoms with Crippen LogP contribution in [0.15, 0.2) is 71.1 Å². The third kappa shape index (κ3) is 4.95. The molecule has 1 atom stereocenters. The number of hydrogen-bond donors (Lipinski definition) is 1. The average Bonchev–Trinajstić information content (AvgIpc) is 3.34. The van der Waals surface area contributed by atoms with Gasteiger partial charge in [-0.3, -0.25) is 4.79 Å². The Balaban J connectivity index is 1.57. The van der Waals surface area contributed by atoms with E-state index >= 15 is 0 Å². The Labute approximate surface area is 223 Å². The highest BCUT2D eigenvalue weighted by molar-refractivity contribution is 6.36. The zero-order chi connectivity index (χ0) is 25.2. The largest absolute Gasteiger partial charge is 0.497 e. The van der Waals surface area contributed by atoms with Gasteiger partial charge in [0.25, 0.3) is 5.89 Å². The minimum atomic E-state index is -0.517. The zero-order valence-corrected chi connectivity index (χ0v) is 21.6. The van der Waals surface area contributed by atoms with Crippen LogP contribution in [0.5, 0.6) is 5.75 Å². The van der Waals surface area contributed by atoms with Crippen molar-refractivity contribution in [2.75, 3.05) is 31.6 Å². The van der Waals surface area contributed by atoms with E-state index in [0.717, 1.165) is 23.5 Å². The predicted molar refractivity (Wildman–Crippen MR) is 144 cm³/mol. The molecule has 0 aliphatic carbocycles. The molecule has 1 saturated heterocycles. The fourth-order valence-electron chi connectivity index (χ4n) is 4.27. The van der Waals surface area contributed by atoms with Crippen molar-refractivity contribution in [2.24, 2.45) is 0 Å². The van der Waals surface area contributed by atoms with Crippen molar-refractivity contribution in [1.82, 2.24) is 10.3 Å². The Hall–Kier alpha value is -3.03. The van der Waals surface area contributed by atoms with Gasteiger partial charge in [-0.1, -0.05) is 40.9 Å². The van der Waals surface area contributed by atoms with Gasteiger partial charge in [-0.15, -0.1) is 0 Å². The van der Waals surface area contributed by atoms with Crippen molar-refractivity contribution < 1.29 is 13.9 Å². The highest BCUT2D eigenvalue weighted by atomic mass is 35.5. The third-order valence-electron chi connectivity index (χ3n) is 6.06. The zero-order valence-electron chi connectivity index (χ0n) is 19.3. The van der Waals surface area contributed by atoms with Crippen LogP contribution in [0.1, 0.15) is 10.7 Å². The monoisotopic (exact) mass is 541 g/mol. The molecule has 0 saturated carbocycles. The van der Waals surface area contributed by atoms with Gasteiger partial charge in [-0.05, 0) is 54.6 Å². The number of methoxy groups -OCH3 is 1. The Bertz CT molecular complexity index is 1410. The fourth-order valence-corrected chi connectivity index (χ4v) is 4.89. The van der Waals surface area contributed by atoms with Gasteiger partial charge >= 0.3 is 0 Å². The fraction of sp³-hybridized carbons (Fsp3) is 0.185. The Morgan fingerprint density at radius 3 is 2.58 bits per heavy atom. The number of aromatic nitrogens is 1. The number of carbonyl (C=O) groups excluding carboxylic acids is 1. The van der Waals surface area contributed by atoms with Crippen LogP contribution in [0.2, 0.25) is 15.1 Å². The molecule has 1 N–H and O–H groups in total. The number of carbonyl (C=O) groups is 1. The van der Waals surface area contributed by atoms with Crippen LogP contribution in [0.25, 0.3) is 22.6 Å². The maximum Gasteiger partial charge on any atom is 0.266 e. The van der Waals surface area contributed by atoms with Gasteiger partial charge in [0.2, 0.25) is 5.78 Å². The summed E-state index contributed by atoms with van der Waals surface area (Å²) >= 11 is 18.7. The molecule has 0 bridgehead atoms. The Morgan fingerprint density at radius 1 is 1.06 bits per heavy atom. The molecule has 0 spiro atoms. The lowest BCUT2D eigenvalue weighted by Gasteiger charge is -2.36. The molecule has 6 nitrogen and oxygen atoms in total. The molecule has 2 heterocycles. The number of piperazine rings is 1. The molecule has 0 amide bonds. The number of Topliss-reactive ketones (excluding diaryl/α,β-unsaturated/α-hetero) is 1. The van der Waals surface area contributed by atoms with E-state index in [0.29, 0.717) is 45.2 Å². The van der Waals surface area contributed by atoms with E-state index < -0.39 is 6.04 Å². The normalized spacial score (nSPS) is 15.7. The van der Waals surface area contributed by atoms with E-state index in [1.807, 2.05) is 41.3 Å². The topological polar surface area (TPSA) is 67.6 Å². The second-order valence-electron chi connectivity index (χ2n) is 8.31. The van der Waals surface area contributed by atoms with Gasteiger partial charge in [-0.25, -0.2) is 4.98 Å². The molecular weight excluding hydrogens is 521 g/mol. The predicted octanol–water partition coefficient (Wildman–Crippen LogP) is 6.64. The molecule has 0 radical (unpaired) electrons. The van der Waals surface area contributed by atoms with Crippen molar-refractivity contribution in [1.29, 1.82) is 0 Å². The smallest absolute Gasteiger partial charge is 0.266 e. The summed E-state index contributed by atoms with van der Waals surface area (Å²) in [5.74, 6) is 0.910. The van der Waals surface area contributed by atoms with E-state index in [1.54, 1.807) is 37.4 Å². The maximum absolute atomic E-state index is 13.8. The lowest BCUT2D eigenvalue weighted by Crippen LogP contribution is -2.55. The lowest BCUT2D eigenvalue weighted by atomic mass is 10.1. The molecule has 1 unspecified atom stereocenters. The molecule has 9 heteroatoms. The first-order valence-electron chi connectivity index (χ1n) is 11.3. The second-order valence-corrected chi connectivity index (χ2v) is 9.59. The summed E-state index contributed by atoms with van der Waals surface area (Å²) in [6.45, 7) is 1.84. The van der Waals surface area contributed by atoms with Crippen molar-refractivity contribution >= 4 is 46.3 Å². The summed E-state index contributed by atoms with van der Waals surface area (Å²) < 4.78 is 11.5. The Kier molecular flexibility index (Phi) is 7.21. The first-order valence-corrected chi connectivity index (χ1v) is 12.5. The molecule has 1 aliphatic heterocycles. The number of halogens is 3. The standard InChI is InChI=1S/C27H22Cl3N3O3/c1-35-20-4-2-3-19(14-20)33-12-11-31-15-23(33)25(34)27-32-24(21-10-9-18(29)13-22(21)30)26(36-27)16-5-7-17(28)8-6-16/h2-10,13-14,23,31H,11-12,15H2,1H3. The molecule has 1 aromatic heterocycles. The van der Waals surface area contributed by atoms with Crippen LogP contribution >= 0.6 is 34.8 Å². The average molecular weight is 543 g/mol. The number of hydrogen-bond acceptors (Lipinski definition) is 6. The summed E-state index contributed by atoms with van der Waals surface area (Å²) in [5.41, 5.74) is 2.68. The van der Waals surface area contributed by atoms with Crippen LogP contribution in [0, 0.1) is 0 Å². The summed E-state index contributed by atoms with van der Waals surface area (Å²) in [6, 6.07) is 19.4. The van der Waals surface area contributed by atoms with Crippen molar-refractivity contribution in [3.8, 4) is 28.3 Å². The lowest BCUT2D eigenvalue weighted by molar-refractivity contribution is 0.0917. The summed E-state index contributed by atoms with van der Waals surface area (Å²) in [4.78, 5) is 20.5. The molecular formula is C27H22Cl3N3O3. The number of ether oxygens (including phenoxy) is 1. The summed E-state index contributed by atoms with van der Waals surface area (Å²) in [7, 11) is 1.62. The summed E-state index contributed by atoms with van der Waals surface area (Å²) in [6.07, 6.45) is 0. The van der Waals surface area contributed by atoms with Crippen LogP contribution in [-0.2, 0) is 0 Å². The summed E-state index contributed by atoms with van der Waals surface area (Å²) in [5, 5.41) is 4.80. The van der Waals surface area contributed by atoms with Gasteiger partial charge in [0.1, 0.15) is 17.5 Å². The third-order valence-corrected chi connectivity index (χ3v) is 6.86. The molecule has 1 aliphatic rings. The first kappa shape index (κ1) is 24.7. The molecule has 5 rings (SSSR count). The number of anilines is 1. The van der Waals surface area contributed by atoms with Crippen molar-refractivity contribution in [2.45, 2.75) is 6.04 Å². The maximum atomic E-state index is 13.8. The SMILES string of the molecule is COc1cccc(N2CCNCC2C(=O)c2nc(-c3ccc(Cl)cc3Cl)c(-c3ccc(Cl)cc3)o2)c1. The quantitative estimate of drug-likeness (QED) is 0.276. The number of benzene rings is 3. The van der Waals surface area contributed by atoms with Crippen LogP contribution in [-0.4, -0.2) is 43.6 Å². The highest BCUT2D eigenvalue weighted by Gasteiger charge is 2.34. The van der Waals surface area contributed by atoms with Crippen molar-refractivity contribution in [3.05, 3.63) is 87.7 Å². The van der Waals surface area contributed by atoms with Gasteiger partial charge in [0, 0.05) is 52.6 Å². The molecule has 36 heavy (non-hydrogen) atoms. The van der Waals surface area contributed by atoms with E-state index in [4.69, 9.17) is 44.0 Å². The van der Waals surface area contributed by atoms with Crippen molar-refractivity contribution in [3.63, 3.8) is 0 Å². The number of nitrogens with zero attached hydrogens (tertiary/aromatic N) is 2. The van der Waals surface area contributed by atoms with E-state index in [2.05, 4.69) is 10.3 Å². The van der Waals surface area contributed by atoms with E-state index in [1.165, 1.54) is 0 Å². The first-order chi connectivity index (χ1) is 17.4. The Morgan fingerprint density at radius 2 is 1.83 bits per heavy atom.